The fraction of sp³-hybridized carbons (Fsp3) is 0.833. The van der Waals surface area contributed by atoms with Crippen molar-refractivity contribution in [3.8, 4) is 0 Å². The minimum atomic E-state index is -3.36. The van der Waals surface area contributed by atoms with Gasteiger partial charge in [0.15, 0.2) is 0 Å². The van der Waals surface area contributed by atoms with Crippen molar-refractivity contribution in [1.29, 1.82) is 0 Å². The summed E-state index contributed by atoms with van der Waals surface area (Å²) in [6.45, 7) is 1.89. The van der Waals surface area contributed by atoms with E-state index in [2.05, 4.69) is 0 Å². The molecule has 0 fully saturated rings. The Balaban J connectivity index is 3.80. The molecule has 0 aromatic carbocycles. The maximum absolute atomic E-state index is 11.0. The number of aliphatic carboxylic acids is 1. The summed E-state index contributed by atoms with van der Waals surface area (Å²) < 4.78 is 11.0. The Labute approximate surface area is 65.7 Å². The molecule has 11 heavy (non-hydrogen) atoms. The number of hydrogen-bond acceptors (Lipinski definition) is 2. The largest absolute Gasteiger partial charge is 0.481 e. The fourth-order valence-corrected chi connectivity index (χ4v) is 2.09. The summed E-state index contributed by atoms with van der Waals surface area (Å²) in [7, 11) is -3.36. The summed E-state index contributed by atoms with van der Waals surface area (Å²) in [4.78, 5) is 19.0. The molecule has 1 unspecified atom stereocenters. The van der Waals surface area contributed by atoms with Crippen molar-refractivity contribution in [2.24, 2.45) is 0 Å². The molecule has 0 aromatic heterocycles. The average molecular weight is 180 g/mol. The second kappa shape index (κ2) is 4.52. The molecule has 0 aromatic rings. The first-order chi connectivity index (χ1) is 4.98. The Hall–Kier alpha value is -0.340. The SMILES string of the molecule is CCCCP(=O)(O)CC(=O)O. The zero-order chi connectivity index (χ0) is 8.91. The first-order valence-corrected chi connectivity index (χ1v) is 5.53. The Bertz CT molecular complexity index is 177. The van der Waals surface area contributed by atoms with Crippen molar-refractivity contribution in [3.63, 3.8) is 0 Å². The lowest BCUT2D eigenvalue weighted by molar-refractivity contribution is -0.134. The minimum Gasteiger partial charge on any atom is -0.481 e. The van der Waals surface area contributed by atoms with Gasteiger partial charge in [0.1, 0.15) is 6.16 Å². The topological polar surface area (TPSA) is 74.6 Å². The van der Waals surface area contributed by atoms with Gasteiger partial charge in [-0.2, -0.15) is 0 Å². The highest BCUT2D eigenvalue weighted by Gasteiger charge is 2.20. The average Bonchev–Trinajstić information content (AvgIpc) is 1.81. The summed E-state index contributed by atoms with van der Waals surface area (Å²) >= 11 is 0. The molecule has 5 heteroatoms. The summed E-state index contributed by atoms with van der Waals surface area (Å²) in [6.07, 6.45) is 0.939. The molecule has 0 aliphatic heterocycles. The van der Waals surface area contributed by atoms with E-state index in [1.54, 1.807) is 0 Å². The van der Waals surface area contributed by atoms with Gasteiger partial charge in [-0.1, -0.05) is 13.3 Å². The van der Waals surface area contributed by atoms with E-state index in [-0.39, 0.29) is 6.16 Å². The summed E-state index contributed by atoms with van der Waals surface area (Å²) in [6, 6.07) is 0. The summed E-state index contributed by atoms with van der Waals surface area (Å²) in [5.41, 5.74) is 0. The number of carboxylic acids is 1. The normalized spacial score (nSPS) is 15.8. The Kier molecular flexibility index (Phi) is 4.38. The van der Waals surface area contributed by atoms with E-state index in [1.165, 1.54) is 0 Å². The van der Waals surface area contributed by atoms with Gasteiger partial charge in [0.25, 0.3) is 0 Å². The third-order valence-electron chi connectivity index (χ3n) is 1.24. The lowest BCUT2D eigenvalue weighted by Gasteiger charge is -2.06. The summed E-state index contributed by atoms with van der Waals surface area (Å²) in [5, 5.41) is 8.22. The highest BCUT2D eigenvalue weighted by molar-refractivity contribution is 7.58. The molecule has 0 bridgehead atoms. The zero-order valence-corrected chi connectivity index (χ0v) is 7.38. The van der Waals surface area contributed by atoms with Crippen molar-refractivity contribution < 1.29 is 19.4 Å². The third-order valence-corrected chi connectivity index (χ3v) is 3.02. The van der Waals surface area contributed by atoms with Crippen LogP contribution in [0.5, 0.6) is 0 Å². The van der Waals surface area contributed by atoms with Crippen molar-refractivity contribution >= 4 is 13.3 Å². The van der Waals surface area contributed by atoms with Gasteiger partial charge < -0.3 is 10.00 Å². The van der Waals surface area contributed by atoms with Crippen LogP contribution in [0.4, 0.5) is 0 Å². The molecule has 1 atom stereocenters. The highest BCUT2D eigenvalue weighted by Crippen LogP contribution is 2.40. The number of hydrogen-bond donors (Lipinski definition) is 2. The van der Waals surface area contributed by atoms with E-state index in [9.17, 15) is 9.36 Å². The third kappa shape index (κ3) is 6.07. The Morgan fingerprint density at radius 1 is 1.55 bits per heavy atom. The van der Waals surface area contributed by atoms with Crippen LogP contribution in [-0.2, 0) is 9.36 Å². The van der Waals surface area contributed by atoms with Crippen LogP contribution in [0, 0.1) is 0 Å². The molecule has 4 nitrogen and oxygen atoms in total. The van der Waals surface area contributed by atoms with Crippen molar-refractivity contribution in [2.75, 3.05) is 12.3 Å². The van der Waals surface area contributed by atoms with Crippen molar-refractivity contribution in [3.05, 3.63) is 0 Å². The number of rotatable bonds is 5. The van der Waals surface area contributed by atoms with Crippen LogP contribution in [0.1, 0.15) is 19.8 Å². The smallest absolute Gasteiger partial charge is 0.313 e. The molecule has 0 saturated carbocycles. The van der Waals surface area contributed by atoms with Crippen LogP contribution >= 0.6 is 7.37 Å². The molecule has 0 saturated heterocycles. The zero-order valence-electron chi connectivity index (χ0n) is 6.49. The van der Waals surface area contributed by atoms with Gasteiger partial charge >= 0.3 is 5.97 Å². The minimum absolute atomic E-state index is 0.121. The number of unbranched alkanes of at least 4 members (excludes halogenated alkanes) is 1. The van der Waals surface area contributed by atoms with Crippen molar-refractivity contribution in [1.82, 2.24) is 0 Å². The molecule has 0 spiro atoms. The number of carboxylic acid groups (broad SMARTS) is 1. The van der Waals surface area contributed by atoms with E-state index < -0.39 is 19.5 Å². The predicted octanol–water partition coefficient (Wildman–Crippen LogP) is 1.14. The van der Waals surface area contributed by atoms with Gasteiger partial charge in [-0.05, 0) is 6.42 Å². The lowest BCUT2D eigenvalue weighted by Crippen LogP contribution is -2.05. The van der Waals surface area contributed by atoms with E-state index in [1.807, 2.05) is 6.92 Å². The molecule has 0 rings (SSSR count). The van der Waals surface area contributed by atoms with Gasteiger partial charge in [0, 0.05) is 6.16 Å². The van der Waals surface area contributed by atoms with Crippen LogP contribution in [0.3, 0.4) is 0 Å². The van der Waals surface area contributed by atoms with Gasteiger partial charge in [-0.15, -0.1) is 0 Å². The molecule has 66 valence electrons. The molecule has 0 radical (unpaired) electrons. The first kappa shape index (κ1) is 10.7. The van der Waals surface area contributed by atoms with Crippen molar-refractivity contribution in [2.45, 2.75) is 19.8 Å². The Morgan fingerprint density at radius 2 is 2.09 bits per heavy atom. The molecular weight excluding hydrogens is 167 g/mol. The van der Waals surface area contributed by atoms with E-state index in [0.717, 1.165) is 6.42 Å². The van der Waals surface area contributed by atoms with Gasteiger partial charge in [0.05, 0.1) is 0 Å². The van der Waals surface area contributed by atoms with Crippen LogP contribution in [0.15, 0.2) is 0 Å². The molecular formula is C6H13O4P. The maximum Gasteiger partial charge on any atom is 0.313 e. The molecule has 0 heterocycles. The summed E-state index contributed by atoms with van der Waals surface area (Å²) in [5.74, 6) is -1.20. The molecule has 0 amide bonds. The monoisotopic (exact) mass is 180 g/mol. The fourth-order valence-electron chi connectivity index (χ4n) is 0.696. The van der Waals surface area contributed by atoms with E-state index in [4.69, 9.17) is 10.00 Å². The highest BCUT2D eigenvalue weighted by atomic mass is 31.2. The van der Waals surface area contributed by atoms with Crippen LogP contribution in [0.25, 0.3) is 0 Å². The second-order valence-corrected chi connectivity index (χ2v) is 4.93. The van der Waals surface area contributed by atoms with Gasteiger partial charge in [-0.25, -0.2) is 0 Å². The predicted molar refractivity (Wildman–Crippen MR) is 42.1 cm³/mol. The van der Waals surface area contributed by atoms with E-state index >= 15 is 0 Å². The second-order valence-electron chi connectivity index (χ2n) is 2.48. The Morgan fingerprint density at radius 3 is 2.45 bits per heavy atom. The number of carbonyl (C=O) groups is 1. The molecule has 0 aliphatic carbocycles. The van der Waals surface area contributed by atoms with E-state index in [0.29, 0.717) is 6.42 Å². The maximum atomic E-state index is 11.0. The quantitative estimate of drug-likeness (QED) is 0.622. The van der Waals surface area contributed by atoms with Crippen LogP contribution in [-0.4, -0.2) is 28.3 Å². The lowest BCUT2D eigenvalue weighted by atomic mass is 10.4. The molecule has 2 N–H and O–H groups in total. The van der Waals surface area contributed by atoms with Gasteiger partial charge in [0.2, 0.25) is 7.37 Å². The van der Waals surface area contributed by atoms with Crippen LogP contribution < -0.4 is 0 Å². The van der Waals surface area contributed by atoms with Gasteiger partial charge in [-0.3, -0.25) is 9.36 Å². The van der Waals surface area contributed by atoms with Crippen LogP contribution in [0.2, 0.25) is 0 Å². The first-order valence-electron chi connectivity index (χ1n) is 3.50. The standard InChI is InChI=1S/C6H13O4P/c1-2-3-4-11(9,10)5-6(7)8/h2-5H2,1H3,(H,7,8)(H,9,10). The molecule has 0 aliphatic rings.